The molecule has 0 radical (unpaired) electrons. The number of carbonyl (C=O) groups excluding carboxylic acids is 1. The molecule has 5 nitrogen and oxygen atoms in total. The predicted molar refractivity (Wildman–Crippen MR) is 121 cm³/mol. The Labute approximate surface area is 179 Å². The van der Waals surface area contributed by atoms with Crippen molar-refractivity contribution < 1.29 is 14.6 Å². The molecule has 5 heteroatoms. The molecule has 0 saturated heterocycles. The molecule has 0 spiro atoms. The van der Waals surface area contributed by atoms with Gasteiger partial charge in [0.2, 0.25) is 0 Å². The third-order valence-corrected chi connectivity index (χ3v) is 5.86. The molecule has 1 heterocycles. The van der Waals surface area contributed by atoms with Crippen molar-refractivity contribution in [3.63, 3.8) is 0 Å². The second kappa shape index (κ2) is 9.24. The molecule has 1 aliphatic rings. The standard InChI is InChI=1S/C25H32N2O3/c1-4-15-27(21-12-8-11-20(26)16-21)23-22(28)17-25(18(2)3,30-24(23)29)14-13-19-9-6-5-7-10-19/h5-12,16,18,28H,4,13-15,17,26H2,1-3H3. The zero-order valence-electron chi connectivity index (χ0n) is 18.1. The van der Waals surface area contributed by atoms with Crippen molar-refractivity contribution in [1.29, 1.82) is 0 Å². The van der Waals surface area contributed by atoms with Crippen LogP contribution in [0.2, 0.25) is 0 Å². The second-order valence-corrected chi connectivity index (χ2v) is 8.31. The molecule has 0 fully saturated rings. The van der Waals surface area contributed by atoms with Gasteiger partial charge in [-0.1, -0.05) is 57.2 Å². The SMILES string of the molecule is CCCN(C1=C(O)CC(CCc2ccccc2)(C(C)C)OC1=O)c1cccc(N)c1. The summed E-state index contributed by atoms with van der Waals surface area (Å²) < 4.78 is 6.09. The van der Waals surface area contributed by atoms with Crippen LogP contribution in [-0.2, 0) is 16.0 Å². The smallest absolute Gasteiger partial charge is 0.359 e. The van der Waals surface area contributed by atoms with Crippen molar-refractivity contribution in [3.05, 3.63) is 71.6 Å². The quantitative estimate of drug-likeness (QED) is 0.462. The second-order valence-electron chi connectivity index (χ2n) is 8.31. The summed E-state index contributed by atoms with van der Waals surface area (Å²) in [6, 6.07) is 17.5. The number of cyclic esters (lactones) is 1. The Balaban J connectivity index is 1.92. The normalized spacial score (nSPS) is 19.1. The van der Waals surface area contributed by atoms with Crippen LogP contribution < -0.4 is 10.6 Å². The first-order chi connectivity index (χ1) is 14.4. The van der Waals surface area contributed by atoms with Gasteiger partial charge < -0.3 is 20.5 Å². The first kappa shape index (κ1) is 21.8. The largest absolute Gasteiger partial charge is 0.510 e. The number of hydrogen-bond donors (Lipinski definition) is 2. The van der Waals surface area contributed by atoms with Crippen molar-refractivity contribution in [3.8, 4) is 0 Å². The summed E-state index contributed by atoms with van der Waals surface area (Å²) in [5.41, 5.74) is 8.01. The van der Waals surface area contributed by atoms with Gasteiger partial charge in [0.1, 0.15) is 11.4 Å². The zero-order valence-corrected chi connectivity index (χ0v) is 18.1. The molecule has 0 aliphatic carbocycles. The van der Waals surface area contributed by atoms with Crippen LogP contribution in [0.3, 0.4) is 0 Å². The van der Waals surface area contributed by atoms with E-state index in [2.05, 4.69) is 12.1 Å². The number of hydrogen-bond acceptors (Lipinski definition) is 5. The van der Waals surface area contributed by atoms with Crippen molar-refractivity contribution in [2.24, 2.45) is 5.92 Å². The molecule has 0 aromatic heterocycles. The average molecular weight is 409 g/mol. The highest BCUT2D eigenvalue weighted by atomic mass is 16.6. The Kier molecular flexibility index (Phi) is 6.70. The van der Waals surface area contributed by atoms with Gasteiger partial charge in [0.15, 0.2) is 5.70 Å². The van der Waals surface area contributed by atoms with Crippen LogP contribution in [0.1, 0.15) is 45.6 Å². The van der Waals surface area contributed by atoms with E-state index in [1.807, 2.05) is 62.1 Å². The Morgan fingerprint density at radius 2 is 1.90 bits per heavy atom. The fraction of sp³-hybridized carbons (Fsp3) is 0.400. The van der Waals surface area contributed by atoms with Gasteiger partial charge in [-0.15, -0.1) is 0 Å². The topological polar surface area (TPSA) is 75.8 Å². The minimum atomic E-state index is -0.728. The lowest BCUT2D eigenvalue weighted by Crippen LogP contribution is -2.47. The molecule has 3 rings (SSSR count). The number of esters is 1. The lowest BCUT2D eigenvalue weighted by atomic mass is 9.79. The highest BCUT2D eigenvalue weighted by Crippen LogP contribution is 2.40. The summed E-state index contributed by atoms with van der Waals surface area (Å²) in [6.45, 7) is 6.69. The molecule has 30 heavy (non-hydrogen) atoms. The molecule has 0 saturated carbocycles. The van der Waals surface area contributed by atoms with Crippen LogP contribution in [0.15, 0.2) is 66.1 Å². The molecule has 0 bridgehead atoms. The van der Waals surface area contributed by atoms with E-state index in [0.717, 1.165) is 18.5 Å². The van der Waals surface area contributed by atoms with Crippen LogP contribution in [0.4, 0.5) is 11.4 Å². The van der Waals surface area contributed by atoms with Crippen molar-refractivity contribution in [2.75, 3.05) is 17.2 Å². The highest BCUT2D eigenvalue weighted by Gasteiger charge is 2.45. The van der Waals surface area contributed by atoms with Gasteiger partial charge in [0.05, 0.1) is 0 Å². The van der Waals surface area contributed by atoms with E-state index < -0.39 is 11.6 Å². The summed E-state index contributed by atoms with van der Waals surface area (Å²) >= 11 is 0. The summed E-state index contributed by atoms with van der Waals surface area (Å²) in [5, 5.41) is 11.1. The van der Waals surface area contributed by atoms with Crippen molar-refractivity contribution in [1.82, 2.24) is 0 Å². The van der Waals surface area contributed by atoms with Crippen LogP contribution in [0.25, 0.3) is 0 Å². The first-order valence-corrected chi connectivity index (χ1v) is 10.7. The number of aliphatic hydroxyl groups is 1. The molecule has 1 aliphatic heterocycles. The number of aliphatic hydroxyl groups excluding tert-OH is 1. The number of nitrogens with zero attached hydrogens (tertiary/aromatic N) is 1. The molecule has 0 amide bonds. The highest BCUT2D eigenvalue weighted by molar-refractivity contribution is 5.94. The molecule has 1 atom stereocenters. The van der Waals surface area contributed by atoms with E-state index in [1.165, 1.54) is 5.56 Å². The predicted octanol–water partition coefficient (Wildman–Crippen LogP) is 5.23. The summed E-state index contributed by atoms with van der Waals surface area (Å²) in [4.78, 5) is 15.0. The van der Waals surface area contributed by atoms with Gasteiger partial charge in [0, 0.05) is 24.3 Å². The number of nitrogen functional groups attached to an aromatic ring is 1. The Bertz CT molecular complexity index is 908. The third kappa shape index (κ3) is 4.61. The van der Waals surface area contributed by atoms with Gasteiger partial charge in [-0.3, -0.25) is 0 Å². The van der Waals surface area contributed by atoms with Gasteiger partial charge in [-0.05, 0) is 48.9 Å². The van der Waals surface area contributed by atoms with Crippen molar-refractivity contribution >= 4 is 17.3 Å². The summed E-state index contributed by atoms with van der Waals surface area (Å²) in [7, 11) is 0. The first-order valence-electron chi connectivity index (χ1n) is 10.7. The molecule has 1 unspecified atom stereocenters. The van der Waals surface area contributed by atoms with Crippen LogP contribution in [0.5, 0.6) is 0 Å². The molecular formula is C25H32N2O3. The van der Waals surface area contributed by atoms with Crippen LogP contribution >= 0.6 is 0 Å². The molecule has 160 valence electrons. The third-order valence-electron chi connectivity index (χ3n) is 5.86. The van der Waals surface area contributed by atoms with E-state index in [-0.39, 0.29) is 17.4 Å². The van der Waals surface area contributed by atoms with E-state index in [0.29, 0.717) is 25.1 Å². The monoisotopic (exact) mass is 408 g/mol. The van der Waals surface area contributed by atoms with Gasteiger partial charge in [-0.25, -0.2) is 4.79 Å². The van der Waals surface area contributed by atoms with E-state index in [9.17, 15) is 9.90 Å². The maximum Gasteiger partial charge on any atom is 0.359 e. The lowest BCUT2D eigenvalue weighted by molar-refractivity contribution is -0.166. The van der Waals surface area contributed by atoms with E-state index in [4.69, 9.17) is 10.5 Å². The van der Waals surface area contributed by atoms with E-state index in [1.54, 1.807) is 6.07 Å². The van der Waals surface area contributed by atoms with Crippen molar-refractivity contribution in [2.45, 2.75) is 52.1 Å². The number of nitrogens with two attached hydrogens (primary N) is 1. The van der Waals surface area contributed by atoms with Gasteiger partial charge in [-0.2, -0.15) is 0 Å². The molecular weight excluding hydrogens is 376 g/mol. The maximum atomic E-state index is 13.2. The van der Waals surface area contributed by atoms with Crippen LogP contribution in [-0.4, -0.2) is 23.2 Å². The van der Waals surface area contributed by atoms with Crippen LogP contribution in [0, 0.1) is 5.92 Å². The number of benzene rings is 2. The fourth-order valence-electron chi connectivity index (χ4n) is 4.06. The Morgan fingerprint density at radius 3 is 2.50 bits per heavy atom. The minimum absolute atomic E-state index is 0.0702. The van der Waals surface area contributed by atoms with Gasteiger partial charge >= 0.3 is 5.97 Å². The number of rotatable bonds is 8. The maximum absolute atomic E-state index is 13.2. The average Bonchev–Trinajstić information content (AvgIpc) is 2.72. The number of carbonyl (C=O) groups is 1. The lowest BCUT2D eigenvalue weighted by Gasteiger charge is -2.42. The number of aryl methyl sites for hydroxylation is 1. The number of ether oxygens (including phenoxy) is 1. The Hall–Kier alpha value is -2.95. The Morgan fingerprint density at radius 1 is 1.17 bits per heavy atom. The summed E-state index contributed by atoms with van der Waals surface area (Å²) in [5.74, 6) is -0.318. The molecule has 2 aromatic rings. The van der Waals surface area contributed by atoms with Gasteiger partial charge in [0.25, 0.3) is 0 Å². The molecule has 3 N–H and O–H groups in total. The van der Waals surface area contributed by atoms with E-state index >= 15 is 0 Å². The zero-order chi connectivity index (χ0) is 21.7. The minimum Gasteiger partial charge on any atom is -0.510 e. The summed E-state index contributed by atoms with van der Waals surface area (Å²) in [6.07, 6.45) is 2.55. The molecule has 2 aromatic carbocycles. The number of anilines is 2. The fourth-order valence-corrected chi connectivity index (χ4v) is 4.06.